The van der Waals surface area contributed by atoms with Crippen molar-refractivity contribution < 1.29 is 14.6 Å². The third-order valence-electron chi connectivity index (χ3n) is 1.46. The molecule has 0 aliphatic carbocycles. The fourth-order valence-electron chi connectivity index (χ4n) is 0.935. The number of carboxylic acid groups (broad SMARTS) is 1. The number of carbonyl (C=O) groups is 1. The topological polar surface area (TPSA) is 46.5 Å². The Morgan fingerprint density at radius 2 is 2.20 bits per heavy atom. The van der Waals surface area contributed by atoms with Gasteiger partial charge in [0.1, 0.15) is 0 Å². The highest BCUT2D eigenvalue weighted by molar-refractivity contribution is 5.75. The highest BCUT2D eigenvalue weighted by Crippen LogP contribution is 2.11. The van der Waals surface area contributed by atoms with E-state index in [0.717, 1.165) is 12.8 Å². The van der Waals surface area contributed by atoms with E-state index in [2.05, 4.69) is 0 Å². The Bertz CT molecular complexity index is 110. The Labute approximate surface area is 70.5 Å². The predicted molar refractivity (Wildman–Crippen MR) is 41.2 cm³/mol. The van der Waals surface area contributed by atoms with E-state index in [1.165, 1.54) is 0 Å². The van der Waals surface area contributed by atoms with Gasteiger partial charge >= 0.3 is 5.97 Å². The minimum Gasteiger partial charge on any atom is -0.479 e. The van der Waals surface area contributed by atoms with Crippen molar-refractivity contribution in [2.24, 2.45) is 0 Å². The molecule has 1 unspecified atom stereocenters. The summed E-state index contributed by atoms with van der Waals surface area (Å²) in [5.74, 6) is -0.824. The van der Waals surface area contributed by atoms with Gasteiger partial charge in [-0.05, 0) is 19.3 Å². The first-order valence-electron chi connectivity index (χ1n) is 3.15. The van der Waals surface area contributed by atoms with Crippen LogP contribution in [0.3, 0.4) is 0 Å². The van der Waals surface area contributed by atoms with E-state index >= 15 is 0 Å². The molecule has 0 bridgehead atoms. The molecule has 1 atom stereocenters. The van der Waals surface area contributed by atoms with Crippen molar-refractivity contribution in [1.29, 1.82) is 0 Å². The summed E-state index contributed by atoms with van der Waals surface area (Å²) in [6, 6.07) is 0. The van der Waals surface area contributed by atoms with Gasteiger partial charge in [0, 0.05) is 6.61 Å². The molecule has 0 aromatic rings. The van der Waals surface area contributed by atoms with Crippen LogP contribution in [0.15, 0.2) is 0 Å². The Balaban J connectivity index is 0.000000810. The van der Waals surface area contributed by atoms with Crippen LogP contribution in [0, 0.1) is 0 Å². The highest BCUT2D eigenvalue weighted by Gasteiger charge is 2.20. The smallest absolute Gasteiger partial charge is 0.332 e. The summed E-state index contributed by atoms with van der Waals surface area (Å²) in [7, 11) is 0. The van der Waals surface area contributed by atoms with E-state index in [9.17, 15) is 4.79 Å². The maximum absolute atomic E-state index is 10.2. The van der Waals surface area contributed by atoms with Crippen molar-refractivity contribution in [3.8, 4) is 0 Å². The molecule has 0 amide bonds. The maximum Gasteiger partial charge on any atom is 0.332 e. The van der Waals surface area contributed by atoms with Gasteiger partial charge in [0.05, 0.1) is 0 Å². The molecule has 0 aromatic carbocycles. The van der Waals surface area contributed by atoms with Crippen molar-refractivity contribution in [1.82, 2.24) is 0 Å². The summed E-state index contributed by atoms with van der Waals surface area (Å²) in [6.07, 6.45) is 2.13. The quantitative estimate of drug-likeness (QED) is 0.524. The van der Waals surface area contributed by atoms with Crippen LogP contribution in [-0.2, 0) is 9.53 Å². The minimum atomic E-state index is -0.824. The fourth-order valence-corrected chi connectivity index (χ4v) is 0.935. The molecule has 1 saturated heterocycles. The van der Waals surface area contributed by atoms with Crippen LogP contribution in [0.2, 0.25) is 0 Å². The van der Waals surface area contributed by atoms with E-state index in [1.807, 2.05) is 0 Å². The van der Waals surface area contributed by atoms with Crippen LogP contribution in [0.1, 0.15) is 19.3 Å². The first-order valence-corrected chi connectivity index (χ1v) is 3.15. The molecule has 10 heavy (non-hydrogen) atoms. The highest BCUT2D eigenvalue weighted by atomic mass is 27.0. The van der Waals surface area contributed by atoms with E-state index in [1.54, 1.807) is 0 Å². The lowest BCUT2D eigenvalue weighted by atomic mass is 10.1. The van der Waals surface area contributed by atoms with Gasteiger partial charge < -0.3 is 9.84 Å². The summed E-state index contributed by atoms with van der Waals surface area (Å²) in [6.45, 7) is 0.608. The second-order valence-corrected chi connectivity index (χ2v) is 2.19. The average Bonchev–Trinajstić information content (AvgIpc) is 1.90. The molecule has 3 nitrogen and oxygen atoms in total. The lowest BCUT2D eigenvalue weighted by Gasteiger charge is -2.17. The predicted octanol–water partition coefficient (Wildman–Crippen LogP) is -0.544. The number of hydrogen-bond donors (Lipinski definition) is 1. The summed E-state index contributed by atoms with van der Waals surface area (Å²) < 4.78 is 4.94. The van der Waals surface area contributed by atoms with Gasteiger partial charge in [-0.3, -0.25) is 0 Å². The second kappa shape index (κ2) is 4.73. The Morgan fingerprint density at radius 3 is 2.50 bits per heavy atom. The largest absolute Gasteiger partial charge is 0.479 e. The minimum absolute atomic E-state index is 0. The van der Waals surface area contributed by atoms with Gasteiger partial charge in [0.25, 0.3) is 0 Å². The SMILES string of the molecule is O=C(O)C1CCCCO1.[AlH3]. The molecule has 1 heterocycles. The van der Waals surface area contributed by atoms with Crippen molar-refractivity contribution in [3.63, 3.8) is 0 Å². The molecule has 58 valence electrons. The van der Waals surface area contributed by atoms with Crippen LogP contribution in [0.25, 0.3) is 0 Å². The van der Waals surface area contributed by atoms with Crippen LogP contribution in [-0.4, -0.2) is 41.1 Å². The zero-order valence-corrected chi connectivity index (χ0v) is 5.17. The fraction of sp³-hybridized carbons (Fsp3) is 0.833. The van der Waals surface area contributed by atoms with Crippen LogP contribution < -0.4 is 0 Å². The Kier molecular flexibility index (Phi) is 4.71. The Hall–Kier alpha value is -0.0375. The summed E-state index contributed by atoms with van der Waals surface area (Å²) >= 11 is 0. The number of aliphatic carboxylic acids is 1. The van der Waals surface area contributed by atoms with Crippen molar-refractivity contribution in [3.05, 3.63) is 0 Å². The number of carboxylic acids is 1. The van der Waals surface area contributed by atoms with E-state index < -0.39 is 12.1 Å². The van der Waals surface area contributed by atoms with Gasteiger partial charge in [-0.1, -0.05) is 0 Å². The van der Waals surface area contributed by atoms with Crippen molar-refractivity contribution in [2.45, 2.75) is 25.4 Å². The number of hydrogen-bond acceptors (Lipinski definition) is 2. The third-order valence-corrected chi connectivity index (χ3v) is 1.46. The van der Waals surface area contributed by atoms with E-state index in [4.69, 9.17) is 9.84 Å². The molecule has 1 N–H and O–H groups in total. The van der Waals surface area contributed by atoms with Gasteiger partial charge in [-0.2, -0.15) is 0 Å². The maximum atomic E-state index is 10.2. The average molecular weight is 160 g/mol. The molecule has 1 fully saturated rings. The number of rotatable bonds is 1. The molecule has 0 saturated carbocycles. The first kappa shape index (κ1) is 9.96. The normalized spacial score (nSPS) is 25.0. The van der Waals surface area contributed by atoms with Crippen LogP contribution in [0.4, 0.5) is 0 Å². The molecule has 0 spiro atoms. The lowest BCUT2D eigenvalue weighted by Crippen LogP contribution is -2.27. The van der Waals surface area contributed by atoms with E-state index in [0.29, 0.717) is 13.0 Å². The zero-order chi connectivity index (χ0) is 6.69. The lowest BCUT2D eigenvalue weighted by molar-refractivity contribution is -0.153. The second-order valence-electron chi connectivity index (χ2n) is 2.19. The monoisotopic (exact) mass is 160 g/mol. The van der Waals surface area contributed by atoms with Gasteiger partial charge in [0.15, 0.2) is 23.5 Å². The summed E-state index contributed by atoms with van der Waals surface area (Å²) in [5.41, 5.74) is 0. The summed E-state index contributed by atoms with van der Waals surface area (Å²) in [5, 5.41) is 8.41. The molecule has 1 aliphatic rings. The summed E-state index contributed by atoms with van der Waals surface area (Å²) in [4.78, 5) is 10.2. The number of ether oxygens (including phenoxy) is 1. The molecule has 4 heteroatoms. The first-order chi connectivity index (χ1) is 4.30. The standard InChI is InChI=1S/C6H10O3.Al.3H/c7-6(8)5-3-1-2-4-9-5;;;;/h5H,1-4H2,(H,7,8);;;;. The molecular formula is C6H13AlO3. The van der Waals surface area contributed by atoms with Gasteiger partial charge in [0.2, 0.25) is 0 Å². The third kappa shape index (κ3) is 2.70. The van der Waals surface area contributed by atoms with Crippen molar-refractivity contribution >= 4 is 23.3 Å². The van der Waals surface area contributed by atoms with Gasteiger partial charge in [-0.25, -0.2) is 4.79 Å². The van der Waals surface area contributed by atoms with Crippen molar-refractivity contribution in [2.75, 3.05) is 6.61 Å². The molecule has 0 aromatic heterocycles. The zero-order valence-electron chi connectivity index (χ0n) is 5.17. The van der Waals surface area contributed by atoms with E-state index in [-0.39, 0.29) is 17.4 Å². The molecule has 0 radical (unpaired) electrons. The molecular weight excluding hydrogens is 147 g/mol. The van der Waals surface area contributed by atoms with Crippen LogP contribution >= 0.6 is 0 Å². The Morgan fingerprint density at radius 1 is 1.50 bits per heavy atom. The molecule has 1 aliphatic heterocycles. The van der Waals surface area contributed by atoms with Crippen LogP contribution in [0.5, 0.6) is 0 Å². The van der Waals surface area contributed by atoms with Gasteiger partial charge in [-0.15, -0.1) is 0 Å². The molecule has 1 rings (SSSR count).